The maximum absolute atomic E-state index is 10.2. The van der Waals surface area contributed by atoms with Crippen molar-refractivity contribution in [1.82, 2.24) is 5.32 Å². The minimum absolute atomic E-state index is 0.162. The van der Waals surface area contributed by atoms with Crippen molar-refractivity contribution in [2.45, 2.75) is 6.92 Å². The largest absolute Gasteiger partial charge is 0.382 e. The molecule has 62 valence electrons. The normalized spacial score (nSPS) is 12.0. The van der Waals surface area contributed by atoms with Crippen LogP contribution in [0.2, 0.25) is 0 Å². The third-order valence-electron chi connectivity index (χ3n) is 0.939. The fraction of sp³-hybridized carbons (Fsp3) is 0.429. The molecule has 0 aliphatic heterocycles. The first-order valence-electron chi connectivity index (χ1n) is 3.27. The van der Waals surface area contributed by atoms with Gasteiger partial charge in [0.1, 0.15) is 0 Å². The SMILES string of the molecule is C/N=C\C(C)=C/NCC(N)=O. The molecular formula is C7H13N3O. The lowest BCUT2D eigenvalue weighted by atomic mass is 10.3. The molecule has 0 bridgehead atoms. The highest BCUT2D eigenvalue weighted by Crippen LogP contribution is 1.82. The van der Waals surface area contributed by atoms with Crippen LogP contribution >= 0.6 is 0 Å². The molecule has 4 heteroatoms. The van der Waals surface area contributed by atoms with Gasteiger partial charge in [-0.3, -0.25) is 9.79 Å². The Hall–Kier alpha value is -1.32. The number of nitrogens with one attached hydrogen (secondary N) is 1. The van der Waals surface area contributed by atoms with E-state index in [0.29, 0.717) is 0 Å². The number of primary amides is 1. The number of carbonyl (C=O) groups is 1. The number of nitrogens with two attached hydrogens (primary N) is 1. The fourth-order valence-corrected chi connectivity index (χ4v) is 0.554. The number of hydrogen-bond donors (Lipinski definition) is 2. The summed E-state index contributed by atoms with van der Waals surface area (Å²) in [4.78, 5) is 14.0. The average molecular weight is 155 g/mol. The summed E-state index contributed by atoms with van der Waals surface area (Å²) in [6, 6.07) is 0. The Labute approximate surface area is 66.2 Å². The Morgan fingerprint density at radius 2 is 2.36 bits per heavy atom. The summed E-state index contributed by atoms with van der Waals surface area (Å²) in [5.41, 5.74) is 5.84. The zero-order chi connectivity index (χ0) is 8.69. The van der Waals surface area contributed by atoms with Gasteiger partial charge < -0.3 is 11.1 Å². The van der Waals surface area contributed by atoms with Gasteiger partial charge in [0.25, 0.3) is 0 Å². The molecule has 0 spiro atoms. The van der Waals surface area contributed by atoms with Crippen molar-refractivity contribution in [2.24, 2.45) is 10.7 Å². The van der Waals surface area contributed by atoms with Crippen LogP contribution in [0.3, 0.4) is 0 Å². The third kappa shape index (κ3) is 6.57. The highest BCUT2D eigenvalue weighted by Gasteiger charge is 1.87. The highest BCUT2D eigenvalue weighted by atomic mass is 16.1. The van der Waals surface area contributed by atoms with E-state index >= 15 is 0 Å². The van der Waals surface area contributed by atoms with Crippen LogP contribution in [-0.2, 0) is 4.79 Å². The van der Waals surface area contributed by atoms with E-state index in [1.54, 1.807) is 19.5 Å². The first-order valence-corrected chi connectivity index (χ1v) is 3.27. The quantitative estimate of drug-likeness (QED) is 0.546. The minimum Gasteiger partial charge on any atom is -0.382 e. The van der Waals surface area contributed by atoms with Crippen LogP contribution < -0.4 is 11.1 Å². The molecule has 0 aliphatic rings. The van der Waals surface area contributed by atoms with E-state index in [2.05, 4.69) is 10.3 Å². The molecule has 0 aromatic heterocycles. The summed E-state index contributed by atoms with van der Waals surface area (Å²) in [6.07, 6.45) is 3.38. The van der Waals surface area contributed by atoms with Crippen LogP contribution in [0.4, 0.5) is 0 Å². The van der Waals surface area contributed by atoms with Crippen molar-refractivity contribution in [1.29, 1.82) is 0 Å². The summed E-state index contributed by atoms with van der Waals surface area (Å²) in [5.74, 6) is -0.373. The van der Waals surface area contributed by atoms with Crippen molar-refractivity contribution >= 4 is 12.1 Å². The Morgan fingerprint density at radius 3 is 2.82 bits per heavy atom. The third-order valence-corrected chi connectivity index (χ3v) is 0.939. The topological polar surface area (TPSA) is 67.5 Å². The molecule has 0 radical (unpaired) electrons. The van der Waals surface area contributed by atoms with Crippen LogP contribution in [0.1, 0.15) is 6.92 Å². The van der Waals surface area contributed by atoms with Crippen LogP contribution in [0, 0.1) is 0 Å². The van der Waals surface area contributed by atoms with E-state index in [0.717, 1.165) is 5.57 Å². The fourth-order valence-electron chi connectivity index (χ4n) is 0.554. The van der Waals surface area contributed by atoms with Crippen LogP contribution in [0.5, 0.6) is 0 Å². The lowest BCUT2D eigenvalue weighted by molar-refractivity contribution is -0.117. The zero-order valence-corrected chi connectivity index (χ0v) is 6.79. The van der Waals surface area contributed by atoms with Gasteiger partial charge in [-0.2, -0.15) is 0 Å². The van der Waals surface area contributed by atoms with E-state index < -0.39 is 0 Å². The molecule has 0 unspecified atom stereocenters. The second-order valence-electron chi connectivity index (χ2n) is 2.12. The predicted octanol–water partition coefficient (Wildman–Crippen LogP) is -0.334. The number of hydrogen-bond acceptors (Lipinski definition) is 3. The maximum atomic E-state index is 10.2. The van der Waals surface area contributed by atoms with Crippen LogP contribution in [0.15, 0.2) is 16.8 Å². The second-order valence-corrected chi connectivity index (χ2v) is 2.12. The van der Waals surface area contributed by atoms with Gasteiger partial charge in [0, 0.05) is 19.5 Å². The maximum Gasteiger partial charge on any atom is 0.236 e. The van der Waals surface area contributed by atoms with Crippen LogP contribution in [0.25, 0.3) is 0 Å². The van der Waals surface area contributed by atoms with Gasteiger partial charge in [-0.05, 0) is 12.5 Å². The van der Waals surface area contributed by atoms with E-state index in [4.69, 9.17) is 5.73 Å². The molecule has 0 aliphatic carbocycles. The summed E-state index contributed by atoms with van der Waals surface area (Å²) >= 11 is 0. The molecule has 11 heavy (non-hydrogen) atoms. The zero-order valence-electron chi connectivity index (χ0n) is 6.79. The Balaban J connectivity index is 3.64. The molecule has 3 N–H and O–H groups in total. The molecule has 0 fully saturated rings. The number of carbonyl (C=O) groups excluding carboxylic acids is 1. The van der Waals surface area contributed by atoms with Crippen molar-refractivity contribution in [2.75, 3.05) is 13.6 Å². The minimum atomic E-state index is -0.373. The van der Waals surface area contributed by atoms with Gasteiger partial charge in [0.2, 0.25) is 5.91 Å². The Morgan fingerprint density at radius 1 is 1.73 bits per heavy atom. The van der Waals surface area contributed by atoms with E-state index in [9.17, 15) is 4.79 Å². The molecule has 0 aromatic carbocycles. The molecular weight excluding hydrogens is 142 g/mol. The number of amides is 1. The van der Waals surface area contributed by atoms with E-state index in [1.807, 2.05) is 6.92 Å². The molecule has 4 nitrogen and oxygen atoms in total. The van der Waals surface area contributed by atoms with Crippen molar-refractivity contribution in [3.05, 3.63) is 11.8 Å². The van der Waals surface area contributed by atoms with E-state index in [1.165, 1.54) is 0 Å². The number of aliphatic imine (C=N–C) groups is 1. The average Bonchev–Trinajstić information content (AvgIpc) is 1.87. The highest BCUT2D eigenvalue weighted by molar-refractivity contribution is 5.78. The summed E-state index contributed by atoms with van der Waals surface area (Å²) in [7, 11) is 1.69. The molecule has 0 atom stereocenters. The summed E-state index contributed by atoms with van der Waals surface area (Å²) in [6.45, 7) is 2.04. The van der Waals surface area contributed by atoms with Crippen molar-refractivity contribution in [3.63, 3.8) is 0 Å². The van der Waals surface area contributed by atoms with Gasteiger partial charge in [-0.15, -0.1) is 0 Å². The lowest BCUT2D eigenvalue weighted by Gasteiger charge is -1.95. The van der Waals surface area contributed by atoms with Crippen molar-refractivity contribution < 1.29 is 4.79 Å². The number of rotatable bonds is 4. The van der Waals surface area contributed by atoms with Gasteiger partial charge in [0.05, 0.1) is 6.54 Å². The van der Waals surface area contributed by atoms with Gasteiger partial charge in [0.15, 0.2) is 0 Å². The smallest absolute Gasteiger partial charge is 0.236 e. The van der Waals surface area contributed by atoms with Crippen molar-refractivity contribution in [3.8, 4) is 0 Å². The second kappa shape index (κ2) is 5.46. The first kappa shape index (κ1) is 9.68. The summed E-state index contributed by atoms with van der Waals surface area (Å²) in [5, 5.41) is 2.74. The molecule has 1 amide bonds. The molecule has 0 saturated heterocycles. The van der Waals surface area contributed by atoms with E-state index in [-0.39, 0.29) is 12.5 Å². The molecule has 0 heterocycles. The van der Waals surface area contributed by atoms with Gasteiger partial charge >= 0.3 is 0 Å². The predicted molar refractivity (Wildman–Crippen MR) is 45.4 cm³/mol. The van der Waals surface area contributed by atoms with Gasteiger partial charge in [-0.25, -0.2) is 0 Å². The molecule has 0 rings (SSSR count). The van der Waals surface area contributed by atoms with Crippen LogP contribution in [-0.4, -0.2) is 25.7 Å². The molecule has 0 aromatic rings. The number of nitrogens with zero attached hydrogens (tertiary/aromatic N) is 1. The number of allylic oxidation sites excluding steroid dienone is 1. The molecule has 0 saturated carbocycles. The summed E-state index contributed by atoms with van der Waals surface area (Å²) < 4.78 is 0. The first-order chi connectivity index (χ1) is 5.16. The monoisotopic (exact) mass is 155 g/mol. The lowest BCUT2D eigenvalue weighted by Crippen LogP contribution is -2.25. The standard InChI is InChI=1S/C7H13N3O/c1-6(3-9-2)4-10-5-7(8)11/h3-4,10H,5H2,1-2H3,(H2,8,11)/b6-4-,9-3-. The Kier molecular flexibility index (Phi) is 4.81. The van der Waals surface area contributed by atoms with Gasteiger partial charge in [-0.1, -0.05) is 0 Å². The Bertz CT molecular complexity index is 184.